The second-order valence-electron chi connectivity index (χ2n) is 6.13. The fourth-order valence-electron chi connectivity index (χ4n) is 3.70. The maximum absolute atomic E-state index is 5.38. The molecule has 1 saturated carbocycles. The Morgan fingerprint density at radius 1 is 1.28 bits per heavy atom. The molecule has 0 bridgehead atoms. The molecular weight excluding hydrogens is 222 g/mol. The molecule has 0 heterocycles. The van der Waals surface area contributed by atoms with Crippen LogP contribution in [-0.4, -0.2) is 26.8 Å². The van der Waals surface area contributed by atoms with Crippen molar-refractivity contribution in [3.8, 4) is 0 Å². The van der Waals surface area contributed by atoms with Gasteiger partial charge in [-0.15, -0.1) is 0 Å². The summed E-state index contributed by atoms with van der Waals surface area (Å²) in [5, 5.41) is 3.55. The normalized spacial score (nSPS) is 30.3. The molecule has 0 aromatic heterocycles. The molecular formula is C16H33NO. The number of hydrogen-bond donors (Lipinski definition) is 1. The maximum Gasteiger partial charge on any atom is 0.0490 e. The molecule has 4 unspecified atom stereocenters. The van der Waals surface area contributed by atoms with Crippen LogP contribution in [0.4, 0.5) is 0 Å². The monoisotopic (exact) mass is 255 g/mol. The van der Waals surface area contributed by atoms with E-state index < -0.39 is 0 Å². The standard InChI is InChI=1S/C16H33NO/c1-5-7-14-8-9-15(11-17-6-2)16(10-14)13(3)12-18-4/h13-17H,5-12H2,1-4H3. The molecule has 0 aliphatic heterocycles. The van der Waals surface area contributed by atoms with Crippen molar-refractivity contribution in [1.82, 2.24) is 5.32 Å². The van der Waals surface area contributed by atoms with Crippen LogP contribution in [0.1, 0.15) is 52.9 Å². The summed E-state index contributed by atoms with van der Waals surface area (Å²) in [6.07, 6.45) is 7.04. The highest BCUT2D eigenvalue weighted by Gasteiger charge is 2.33. The van der Waals surface area contributed by atoms with E-state index in [4.69, 9.17) is 4.74 Å². The zero-order valence-corrected chi connectivity index (χ0v) is 12.9. The molecule has 2 nitrogen and oxygen atoms in total. The van der Waals surface area contributed by atoms with Gasteiger partial charge in [-0.1, -0.05) is 40.0 Å². The molecule has 0 aromatic carbocycles. The van der Waals surface area contributed by atoms with E-state index in [1.165, 1.54) is 38.6 Å². The Bertz CT molecular complexity index is 207. The Kier molecular flexibility index (Phi) is 7.92. The van der Waals surface area contributed by atoms with Gasteiger partial charge in [-0.05, 0) is 49.6 Å². The molecule has 0 radical (unpaired) electrons. The summed E-state index contributed by atoms with van der Waals surface area (Å²) < 4.78 is 5.38. The van der Waals surface area contributed by atoms with Crippen molar-refractivity contribution < 1.29 is 4.74 Å². The molecule has 1 fully saturated rings. The first-order chi connectivity index (χ1) is 8.72. The van der Waals surface area contributed by atoms with Gasteiger partial charge in [0, 0.05) is 13.7 Å². The molecule has 0 saturated heterocycles. The highest BCUT2D eigenvalue weighted by atomic mass is 16.5. The van der Waals surface area contributed by atoms with E-state index in [1.54, 1.807) is 0 Å². The fourth-order valence-corrected chi connectivity index (χ4v) is 3.70. The first-order valence-electron chi connectivity index (χ1n) is 7.92. The molecule has 18 heavy (non-hydrogen) atoms. The van der Waals surface area contributed by atoms with Gasteiger partial charge in [-0.3, -0.25) is 0 Å². The Balaban J connectivity index is 2.54. The van der Waals surface area contributed by atoms with Gasteiger partial charge in [0.1, 0.15) is 0 Å². The Morgan fingerprint density at radius 2 is 2.06 bits per heavy atom. The van der Waals surface area contributed by atoms with E-state index in [0.29, 0.717) is 5.92 Å². The lowest BCUT2D eigenvalue weighted by Gasteiger charge is -2.39. The lowest BCUT2D eigenvalue weighted by Crippen LogP contribution is -2.37. The molecule has 0 aromatic rings. The van der Waals surface area contributed by atoms with Crippen molar-refractivity contribution in [1.29, 1.82) is 0 Å². The van der Waals surface area contributed by atoms with Crippen LogP contribution in [0.2, 0.25) is 0 Å². The number of hydrogen-bond acceptors (Lipinski definition) is 2. The Labute approximate surface area is 114 Å². The number of rotatable bonds is 8. The lowest BCUT2D eigenvalue weighted by atomic mass is 9.68. The highest BCUT2D eigenvalue weighted by Crippen LogP contribution is 2.39. The van der Waals surface area contributed by atoms with E-state index in [0.717, 1.165) is 30.9 Å². The number of methoxy groups -OCH3 is 1. The molecule has 0 spiro atoms. The van der Waals surface area contributed by atoms with Gasteiger partial charge in [0.05, 0.1) is 0 Å². The summed E-state index contributed by atoms with van der Waals surface area (Å²) in [6.45, 7) is 10.1. The Hall–Kier alpha value is -0.0800. The summed E-state index contributed by atoms with van der Waals surface area (Å²) in [6, 6.07) is 0. The molecule has 2 heteroatoms. The number of nitrogens with one attached hydrogen (secondary N) is 1. The first-order valence-corrected chi connectivity index (χ1v) is 7.92. The lowest BCUT2D eigenvalue weighted by molar-refractivity contribution is 0.0638. The van der Waals surface area contributed by atoms with Crippen LogP contribution < -0.4 is 5.32 Å². The van der Waals surface area contributed by atoms with Crippen LogP contribution in [-0.2, 0) is 4.74 Å². The van der Waals surface area contributed by atoms with E-state index >= 15 is 0 Å². The largest absolute Gasteiger partial charge is 0.384 e. The van der Waals surface area contributed by atoms with Crippen molar-refractivity contribution in [3.05, 3.63) is 0 Å². The van der Waals surface area contributed by atoms with Crippen LogP contribution in [0.25, 0.3) is 0 Å². The molecule has 1 aliphatic rings. The highest BCUT2D eigenvalue weighted by molar-refractivity contribution is 4.84. The van der Waals surface area contributed by atoms with E-state index in [2.05, 4.69) is 26.1 Å². The second-order valence-corrected chi connectivity index (χ2v) is 6.13. The first kappa shape index (κ1) is 16.0. The Morgan fingerprint density at radius 3 is 2.67 bits per heavy atom. The average molecular weight is 255 g/mol. The van der Waals surface area contributed by atoms with Gasteiger partial charge in [0.2, 0.25) is 0 Å². The SMILES string of the molecule is CCCC1CCC(CNCC)C(C(C)COC)C1. The minimum atomic E-state index is 0.707. The van der Waals surface area contributed by atoms with Crippen molar-refractivity contribution in [2.75, 3.05) is 26.8 Å². The molecule has 108 valence electrons. The fraction of sp³-hybridized carbons (Fsp3) is 1.00. The van der Waals surface area contributed by atoms with Crippen molar-refractivity contribution in [2.24, 2.45) is 23.7 Å². The maximum atomic E-state index is 5.38. The molecule has 4 atom stereocenters. The van der Waals surface area contributed by atoms with E-state index in [9.17, 15) is 0 Å². The predicted octanol–water partition coefficient (Wildman–Crippen LogP) is 3.71. The zero-order valence-electron chi connectivity index (χ0n) is 12.9. The van der Waals surface area contributed by atoms with Crippen molar-refractivity contribution >= 4 is 0 Å². The third kappa shape index (κ3) is 4.89. The number of ether oxygens (including phenoxy) is 1. The smallest absolute Gasteiger partial charge is 0.0490 e. The van der Waals surface area contributed by atoms with Gasteiger partial charge in [-0.2, -0.15) is 0 Å². The van der Waals surface area contributed by atoms with Gasteiger partial charge < -0.3 is 10.1 Å². The van der Waals surface area contributed by atoms with Gasteiger partial charge in [0.25, 0.3) is 0 Å². The van der Waals surface area contributed by atoms with Crippen molar-refractivity contribution in [3.63, 3.8) is 0 Å². The topological polar surface area (TPSA) is 21.3 Å². The van der Waals surface area contributed by atoms with Crippen LogP contribution in [0.5, 0.6) is 0 Å². The van der Waals surface area contributed by atoms with E-state index in [1.807, 2.05) is 7.11 Å². The summed E-state index contributed by atoms with van der Waals surface area (Å²) in [5.74, 6) is 3.40. The second kappa shape index (κ2) is 8.92. The van der Waals surface area contributed by atoms with Gasteiger partial charge in [0.15, 0.2) is 0 Å². The summed E-state index contributed by atoms with van der Waals surface area (Å²) >= 11 is 0. The van der Waals surface area contributed by atoms with Gasteiger partial charge in [-0.25, -0.2) is 0 Å². The minimum Gasteiger partial charge on any atom is -0.384 e. The quantitative estimate of drug-likeness (QED) is 0.714. The molecule has 0 amide bonds. The third-order valence-corrected chi connectivity index (χ3v) is 4.67. The van der Waals surface area contributed by atoms with Gasteiger partial charge >= 0.3 is 0 Å². The molecule has 1 aliphatic carbocycles. The minimum absolute atomic E-state index is 0.707. The molecule has 1 N–H and O–H groups in total. The van der Waals surface area contributed by atoms with Crippen molar-refractivity contribution in [2.45, 2.75) is 52.9 Å². The van der Waals surface area contributed by atoms with E-state index in [-0.39, 0.29) is 0 Å². The summed E-state index contributed by atoms with van der Waals surface area (Å²) in [5.41, 5.74) is 0. The van der Waals surface area contributed by atoms with Crippen LogP contribution in [0.15, 0.2) is 0 Å². The van der Waals surface area contributed by atoms with Crippen LogP contribution in [0, 0.1) is 23.7 Å². The summed E-state index contributed by atoms with van der Waals surface area (Å²) in [4.78, 5) is 0. The average Bonchev–Trinajstić information content (AvgIpc) is 2.38. The molecule has 1 rings (SSSR count). The van der Waals surface area contributed by atoms with Crippen LogP contribution in [0.3, 0.4) is 0 Å². The zero-order chi connectivity index (χ0) is 13.4. The summed E-state index contributed by atoms with van der Waals surface area (Å²) in [7, 11) is 1.84. The predicted molar refractivity (Wildman–Crippen MR) is 78.8 cm³/mol. The third-order valence-electron chi connectivity index (χ3n) is 4.67. The van der Waals surface area contributed by atoms with Crippen LogP contribution >= 0.6 is 0 Å².